The molecule has 0 aliphatic heterocycles. The lowest BCUT2D eigenvalue weighted by atomic mass is 10.1. The van der Waals surface area contributed by atoms with E-state index in [1.165, 1.54) is 0 Å². The molecule has 7 heteroatoms. The van der Waals surface area contributed by atoms with E-state index in [0.29, 0.717) is 11.4 Å². The average molecular weight is 393 g/mol. The van der Waals surface area contributed by atoms with Gasteiger partial charge in [0.1, 0.15) is 6.54 Å². The van der Waals surface area contributed by atoms with Crippen LogP contribution >= 0.6 is 11.8 Å². The molecule has 0 bridgehead atoms. The summed E-state index contributed by atoms with van der Waals surface area (Å²) >= 11 is 1.62. The van der Waals surface area contributed by atoms with E-state index in [4.69, 9.17) is 0 Å². The molecule has 0 aromatic heterocycles. The first-order valence-electron chi connectivity index (χ1n) is 8.29. The first kappa shape index (κ1) is 20.3. The predicted molar refractivity (Wildman–Crippen MR) is 110 cm³/mol. The maximum absolute atomic E-state index is 12.6. The second-order valence-electron chi connectivity index (χ2n) is 6.04. The molecule has 0 saturated carbocycles. The van der Waals surface area contributed by atoms with Crippen molar-refractivity contribution in [3.05, 3.63) is 53.6 Å². The number of aryl methyl sites for hydroxylation is 2. The van der Waals surface area contributed by atoms with Gasteiger partial charge in [-0.25, -0.2) is 8.42 Å². The minimum absolute atomic E-state index is 0.270. The maximum atomic E-state index is 12.6. The van der Waals surface area contributed by atoms with Crippen LogP contribution in [0.3, 0.4) is 0 Å². The van der Waals surface area contributed by atoms with Gasteiger partial charge in [-0.1, -0.05) is 31.2 Å². The molecule has 0 unspecified atom stereocenters. The van der Waals surface area contributed by atoms with E-state index in [0.717, 1.165) is 32.3 Å². The first-order valence-corrected chi connectivity index (χ1v) is 11.1. The minimum Gasteiger partial charge on any atom is -0.323 e. The third kappa shape index (κ3) is 5.25. The van der Waals surface area contributed by atoms with Crippen LogP contribution in [0.4, 0.5) is 11.4 Å². The van der Waals surface area contributed by atoms with E-state index in [9.17, 15) is 13.2 Å². The molecule has 0 saturated heterocycles. The van der Waals surface area contributed by atoms with E-state index in [1.807, 2.05) is 57.2 Å². The lowest BCUT2D eigenvalue weighted by Crippen LogP contribution is -2.38. The number of sulfonamides is 1. The Morgan fingerprint density at radius 3 is 2.50 bits per heavy atom. The average Bonchev–Trinajstić information content (AvgIpc) is 2.56. The Balaban J connectivity index is 2.27. The summed E-state index contributed by atoms with van der Waals surface area (Å²) < 4.78 is 25.7. The van der Waals surface area contributed by atoms with E-state index < -0.39 is 10.0 Å². The standard InChI is InChI=1S/C19H24N2O3S2/c1-5-25-18-9-7-6-8-16(18)20-19(22)13-21(26(4,23)24)17-12-14(2)10-11-15(17)3/h6-12H,5,13H2,1-4H3,(H,20,22). The summed E-state index contributed by atoms with van der Waals surface area (Å²) in [6, 6.07) is 13.1. The van der Waals surface area contributed by atoms with Gasteiger partial charge in [0.05, 0.1) is 17.6 Å². The van der Waals surface area contributed by atoms with Crippen LogP contribution in [0, 0.1) is 13.8 Å². The van der Waals surface area contributed by atoms with E-state index in [2.05, 4.69) is 5.32 Å². The summed E-state index contributed by atoms with van der Waals surface area (Å²) in [4.78, 5) is 13.5. The number of hydrogen-bond donors (Lipinski definition) is 1. The number of para-hydroxylation sites is 1. The Morgan fingerprint density at radius 2 is 1.85 bits per heavy atom. The third-order valence-electron chi connectivity index (χ3n) is 3.78. The largest absolute Gasteiger partial charge is 0.323 e. The Hall–Kier alpha value is -1.99. The Morgan fingerprint density at radius 1 is 1.15 bits per heavy atom. The second kappa shape index (κ2) is 8.60. The van der Waals surface area contributed by atoms with Gasteiger partial charge in [0.2, 0.25) is 15.9 Å². The predicted octanol–water partition coefficient (Wildman–Crippen LogP) is 3.82. The van der Waals surface area contributed by atoms with Crippen LogP contribution in [0.2, 0.25) is 0 Å². The van der Waals surface area contributed by atoms with Crippen molar-refractivity contribution in [2.45, 2.75) is 25.7 Å². The van der Waals surface area contributed by atoms with Crippen LogP contribution in [0.1, 0.15) is 18.1 Å². The quantitative estimate of drug-likeness (QED) is 0.728. The second-order valence-corrected chi connectivity index (χ2v) is 9.25. The van der Waals surface area contributed by atoms with Gasteiger partial charge in [0.25, 0.3) is 0 Å². The molecular formula is C19H24N2O3S2. The van der Waals surface area contributed by atoms with Crippen molar-refractivity contribution < 1.29 is 13.2 Å². The van der Waals surface area contributed by atoms with Crippen LogP contribution in [-0.2, 0) is 14.8 Å². The highest BCUT2D eigenvalue weighted by atomic mass is 32.2. The van der Waals surface area contributed by atoms with Crippen molar-refractivity contribution in [3.63, 3.8) is 0 Å². The molecule has 1 amide bonds. The summed E-state index contributed by atoms with van der Waals surface area (Å²) in [6.45, 7) is 5.49. The van der Waals surface area contributed by atoms with E-state index >= 15 is 0 Å². The fourth-order valence-corrected chi connectivity index (χ4v) is 4.21. The lowest BCUT2D eigenvalue weighted by molar-refractivity contribution is -0.114. The van der Waals surface area contributed by atoms with E-state index in [1.54, 1.807) is 17.8 Å². The number of thioether (sulfide) groups is 1. The van der Waals surface area contributed by atoms with Crippen LogP contribution in [-0.4, -0.2) is 32.9 Å². The molecule has 0 aliphatic carbocycles. The molecular weight excluding hydrogens is 368 g/mol. The summed E-state index contributed by atoms with van der Waals surface area (Å²) in [5.41, 5.74) is 2.96. The zero-order valence-electron chi connectivity index (χ0n) is 15.4. The Kier molecular flexibility index (Phi) is 6.72. The number of anilines is 2. The summed E-state index contributed by atoms with van der Waals surface area (Å²) in [5, 5.41) is 2.84. The van der Waals surface area contributed by atoms with Gasteiger partial charge < -0.3 is 5.32 Å². The fourth-order valence-electron chi connectivity index (χ4n) is 2.54. The van der Waals surface area contributed by atoms with Gasteiger partial charge in [-0.05, 0) is 48.9 Å². The molecule has 0 atom stereocenters. The number of carbonyl (C=O) groups is 1. The number of carbonyl (C=O) groups excluding carboxylic acids is 1. The molecule has 0 radical (unpaired) electrons. The van der Waals surface area contributed by atoms with Gasteiger partial charge in [0, 0.05) is 4.90 Å². The highest BCUT2D eigenvalue weighted by Gasteiger charge is 2.23. The number of benzene rings is 2. The molecule has 0 heterocycles. The van der Waals surface area contributed by atoms with Gasteiger partial charge in [-0.15, -0.1) is 11.8 Å². The molecule has 0 fully saturated rings. The number of amides is 1. The van der Waals surface area contributed by atoms with Crippen LogP contribution < -0.4 is 9.62 Å². The van der Waals surface area contributed by atoms with Crippen molar-refractivity contribution in [3.8, 4) is 0 Å². The van der Waals surface area contributed by atoms with Crippen LogP contribution in [0.5, 0.6) is 0 Å². The molecule has 0 aliphatic rings. The smallest absolute Gasteiger partial charge is 0.245 e. The van der Waals surface area contributed by atoms with Gasteiger partial charge >= 0.3 is 0 Å². The van der Waals surface area contributed by atoms with E-state index in [-0.39, 0.29) is 12.5 Å². The number of hydrogen-bond acceptors (Lipinski definition) is 4. The highest BCUT2D eigenvalue weighted by Crippen LogP contribution is 2.27. The monoisotopic (exact) mass is 392 g/mol. The molecule has 2 rings (SSSR count). The highest BCUT2D eigenvalue weighted by molar-refractivity contribution is 7.99. The number of nitrogens with one attached hydrogen (secondary N) is 1. The van der Waals surface area contributed by atoms with Crippen molar-refractivity contribution in [2.75, 3.05) is 28.2 Å². The van der Waals surface area contributed by atoms with Gasteiger partial charge in [0.15, 0.2) is 0 Å². The first-order chi connectivity index (χ1) is 12.2. The lowest BCUT2D eigenvalue weighted by Gasteiger charge is -2.24. The zero-order chi connectivity index (χ0) is 19.3. The topological polar surface area (TPSA) is 66.5 Å². The Bertz CT molecular complexity index is 895. The molecule has 1 N–H and O–H groups in total. The van der Waals surface area contributed by atoms with Gasteiger partial charge in [-0.2, -0.15) is 0 Å². The van der Waals surface area contributed by atoms with Gasteiger partial charge in [-0.3, -0.25) is 9.10 Å². The van der Waals surface area contributed by atoms with Crippen molar-refractivity contribution in [1.82, 2.24) is 0 Å². The van der Waals surface area contributed by atoms with Crippen LogP contribution in [0.25, 0.3) is 0 Å². The third-order valence-corrected chi connectivity index (χ3v) is 5.86. The Labute approximate surface area is 159 Å². The molecule has 26 heavy (non-hydrogen) atoms. The van der Waals surface area contributed by atoms with Crippen molar-refractivity contribution in [2.24, 2.45) is 0 Å². The summed E-state index contributed by atoms with van der Waals surface area (Å²) in [5.74, 6) is 0.505. The number of nitrogens with zero attached hydrogens (tertiary/aromatic N) is 1. The molecule has 5 nitrogen and oxygen atoms in total. The maximum Gasteiger partial charge on any atom is 0.245 e. The van der Waals surface area contributed by atoms with Crippen molar-refractivity contribution >= 4 is 39.1 Å². The fraction of sp³-hybridized carbons (Fsp3) is 0.316. The summed E-state index contributed by atoms with van der Waals surface area (Å²) in [6.07, 6.45) is 1.11. The zero-order valence-corrected chi connectivity index (χ0v) is 17.1. The summed E-state index contributed by atoms with van der Waals surface area (Å²) in [7, 11) is -3.60. The molecule has 140 valence electrons. The minimum atomic E-state index is -3.60. The molecule has 2 aromatic rings. The normalized spacial score (nSPS) is 11.2. The van der Waals surface area contributed by atoms with Crippen LogP contribution in [0.15, 0.2) is 47.4 Å². The number of rotatable bonds is 7. The SMILES string of the molecule is CCSc1ccccc1NC(=O)CN(c1cc(C)ccc1C)S(C)(=O)=O. The molecule has 2 aromatic carbocycles. The van der Waals surface area contributed by atoms with Crippen molar-refractivity contribution in [1.29, 1.82) is 0 Å². The molecule has 0 spiro atoms.